The summed E-state index contributed by atoms with van der Waals surface area (Å²) in [5.41, 5.74) is 0. The molecule has 0 radical (unpaired) electrons. The van der Waals surface area contributed by atoms with Gasteiger partial charge in [-0.15, -0.1) is 0 Å². The summed E-state index contributed by atoms with van der Waals surface area (Å²) in [7, 11) is 0. The molecule has 0 rings (SSSR count). The maximum Gasteiger partial charge on any atom is 0.0768 e. The van der Waals surface area contributed by atoms with Crippen molar-refractivity contribution in [2.45, 2.75) is 26.1 Å². The Morgan fingerprint density at radius 1 is 1.00 bits per heavy atom. The minimum absolute atomic E-state index is 0. The molecular weight excluding hydrogens is 330 g/mol. The van der Waals surface area contributed by atoms with Crippen LogP contribution < -0.4 is 0 Å². The molecular formula is C5H13O2U-. The number of aliphatic hydroxyl groups excluding tert-OH is 2. The van der Waals surface area contributed by atoms with E-state index in [2.05, 4.69) is 0 Å². The minimum atomic E-state index is -0.593. The van der Waals surface area contributed by atoms with Gasteiger partial charge in [0.25, 0.3) is 0 Å². The second kappa shape index (κ2) is 7.97. The Bertz CT molecular complexity index is 31.4. The molecule has 0 aliphatic heterocycles. The minimum Gasteiger partial charge on any atom is -0.391 e. The summed E-state index contributed by atoms with van der Waals surface area (Å²) in [5, 5.41) is 16.8. The summed E-state index contributed by atoms with van der Waals surface area (Å²) in [5.74, 6) is 0. The van der Waals surface area contributed by atoms with Gasteiger partial charge in [-0.1, -0.05) is 0 Å². The van der Waals surface area contributed by atoms with E-state index in [4.69, 9.17) is 10.2 Å². The third-order valence-corrected chi connectivity index (χ3v) is 0.698. The molecule has 50 valence electrons. The van der Waals surface area contributed by atoms with Gasteiger partial charge in [-0.2, -0.15) is 0 Å². The first-order valence-corrected chi connectivity index (χ1v) is 2.00. The van der Waals surface area contributed by atoms with Crippen molar-refractivity contribution in [1.29, 1.82) is 0 Å². The zero-order valence-corrected chi connectivity index (χ0v) is 9.71. The van der Waals surface area contributed by atoms with Crippen molar-refractivity contribution in [3.8, 4) is 0 Å². The average Bonchev–Trinajstić information content (AvgIpc) is 1.36. The summed E-state index contributed by atoms with van der Waals surface area (Å²) in [6.45, 7) is 3.09. The van der Waals surface area contributed by atoms with E-state index in [1.54, 1.807) is 13.8 Å². The molecule has 2 nitrogen and oxygen atoms in total. The van der Waals surface area contributed by atoms with Crippen molar-refractivity contribution in [2.24, 2.45) is 0 Å². The van der Waals surface area contributed by atoms with Crippen LogP contribution in [0.4, 0.5) is 0 Å². The van der Waals surface area contributed by atoms with E-state index >= 15 is 0 Å². The van der Waals surface area contributed by atoms with Gasteiger partial charge >= 0.3 is 0 Å². The second-order valence-electron chi connectivity index (χ2n) is 1.48. The van der Waals surface area contributed by atoms with Crippen LogP contribution in [0.5, 0.6) is 0 Å². The van der Waals surface area contributed by atoms with Gasteiger partial charge in [-0.25, -0.2) is 0 Å². The Kier molecular flexibility index (Phi) is 15.9. The van der Waals surface area contributed by atoms with Crippen molar-refractivity contribution in [3.05, 3.63) is 7.43 Å². The van der Waals surface area contributed by atoms with Crippen molar-refractivity contribution in [1.82, 2.24) is 0 Å². The van der Waals surface area contributed by atoms with Crippen molar-refractivity contribution in [2.75, 3.05) is 0 Å². The SMILES string of the molecule is CC(O)C(C)O.[CH3-].[U]. The van der Waals surface area contributed by atoms with E-state index in [1.807, 2.05) is 0 Å². The Morgan fingerprint density at radius 2 is 1.12 bits per heavy atom. The first-order chi connectivity index (χ1) is 2.64. The third kappa shape index (κ3) is 10.1. The molecule has 0 aliphatic rings. The van der Waals surface area contributed by atoms with E-state index in [0.29, 0.717) is 0 Å². The molecule has 0 aromatic carbocycles. The summed E-state index contributed by atoms with van der Waals surface area (Å²) in [4.78, 5) is 0. The molecule has 2 N–H and O–H groups in total. The Balaban J connectivity index is -0.000000125. The smallest absolute Gasteiger partial charge is 0.0768 e. The molecule has 0 fully saturated rings. The molecule has 0 aromatic heterocycles. The molecule has 0 spiro atoms. The van der Waals surface area contributed by atoms with Crippen LogP contribution in [0.2, 0.25) is 0 Å². The van der Waals surface area contributed by atoms with Crippen LogP contribution in [-0.4, -0.2) is 22.4 Å². The summed E-state index contributed by atoms with van der Waals surface area (Å²) in [6.07, 6.45) is -1.19. The standard InChI is InChI=1S/C4H10O2.CH3.U/c1-3(5)4(2)6;;/h3-6H,1-2H3;1H3;/q;-1;. The summed E-state index contributed by atoms with van der Waals surface area (Å²) < 4.78 is 0. The maximum atomic E-state index is 8.38. The molecule has 0 aliphatic carbocycles. The molecule has 0 heterocycles. The molecule has 0 bridgehead atoms. The van der Waals surface area contributed by atoms with Gasteiger partial charge in [0, 0.05) is 31.1 Å². The average molecular weight is 343 g/mol. The molecule has 3 heteroatoms. The first-order valence-electron chi connectivity index (χ1n) is 2.00. The predicted molar refractivity (Wildman–Crippen MR) is 29.8 cm³/mol. The fourth-order valence-electron chi connectivity index (χ4n) is 0. The van der Waals surface area contributed by atoms with Gasteiger partial charge in [0.05, 0.1) is 12.2 Å². The van der Waals surface area contributed by atoms with Gasteiger partial charge in [0.1, 0.15) is 0 Å². The van der Waals surface area contributed by atoms with Crippen LogP contribution in [0, 0.1) is 38.5 Å². The normalized spacial score (nSPS) is 15.0. The van der Waals surface area contributed by atoms with Crippen molar-refractivity contribution in [3.63, 3.8) is 0 Å². The van der Waals surface area contributed by atoms with E-state index < -0.39 is 12.2 Å². The monoisotopic (exact) mass is 343 g/mol. The van der Waals surface area contributed by atoms with Crippen LogP contribution in [-0.2, 0) is 0 Å². The second-order valence-corrected chi connectivity index (χ2v) is 1.48. The number of hydrogen-bond donors (Lipinski definition) is 2. The predicted octanol–water partition coefficient (Wildman–Crippen LogP) is 0.198. The molecule has 0 saturated heterocycles. The van der Waals surface area contributed by atoms with Crippen molar-refractivity contribution < 1.29 is 41.3 Å². The van der Waals surface area contributed by atoms with Crippen LogP contribution in [0.15, 0.2) is 0 Å². The molecule has 2 unspecified atom stereocenters. The molecule has 8 heavy (non-hydrogen) atoms. The Labute approximate surface area is 74.7 Å². The van der Waals surface area contributed by atoms with Crippen LogP contribution >= 0.6 is 0 Å². The number of rotatable bonds is 1. The largest absolute Gasteiger partial charge is 0.391 e. The number of aliphatic hydroxyl groups is 2. The number of hydrogen-bond acceptors (Lipinski definition) is 2. The quantitative estimate of drug-likeness (QED) is 0.668. The fourth-order valence-corrected chi connectivity index (χ4v) is 0. The molecule has 0 saturated carbocycles. The van der Waals surface area contributed by atoms with E-state index in [0.717, 1.165) is 0 Å². The molecule has 0 aromatic rings. The van der Waals surface area contributed by atoms with Gasteiger partial charge in [-0.05, 0) is 13.8 Å². The van der Waals surface area contributed by atoms with Gasteiger partial charge in [-0.3, -0.25) is 0 Å². The van der Waals surface area contributed by atoms with Crippen LogP contribution in [0.1, 0.15) is 13.8 Å². The fraction of sp³-hybridized carbons (Fsp3) is 0.800. The first kappa shape index (κ1) is 16.0. The summed E-state index contributed by atoms with van der Waals surface area (Å²) >= 11 is 0. The summed E-state index contributed by atoms with van der Waals surface area (Å²) in [6, 6.07) is 0. The van der Waals surface area contributed by atoms with Crippen molar-refractivity contribution >= 4 is 0 Å². The van der Waals surface area contributed by atoms with E-state index in [-0.39, 0.29) is 38.5 Å². The maximum absolute atomic E-state index is 8.38. The van der Waals surface area contributed by atoms with Crippen LogP contribution in [0.3, 0.4) is 0 Å². The Morgan fingerprint density at radius 3 is 1.12 bits per heavy atom. The molecule has 2 atom stereocenters. The molecule has 0 amide bonds. The van der Waals surface area contributed by atoms with Gasteiger partial charge in [0.2, 0.25) is 0 Å². The van der Waals surface area contributed by atoms with Gasteiger partial charge in [0.15, 0.2) is 0 Å². The van der Waals surface area contributed by atoms with Gasteiger partial charge < -0.3 is 17.6 Å². The van der Waals surface area contributed by atoms with Crippen LogP contribution in [0.25, 0.3) is 0 Å². The topological polar surface area (TPSA) is 40.5 Å². The Hall–Kier alpha value is 0.972. The third-order valence-electron chi connectivity index (χ3n) is 0.698. The zero-order chi connectivity index (χ0) is 5.15. The zero-order valence-electron chi connectivity index (χ0n) is 5.55. The van der Waals surface area contributed by atoms with E-state index in [9.17, 15) is 0 Å². The van der Waals surface area contributed by atoms with E-state index in [1.165, 1.54) is 0 Å².